The number of hydrogen-bond donors (Lipinski definition) is 1. The van der Waals surface area contributed by atoms with Gasteiger partial charge in [0.15, 0.2) is 21.3 Å². The molecular formula is C45H41ClF10N8O7S2. The van der Waals surface area contributed by atoms with Crippen molar-refractivity contribution in [2.75, 3.05) is 49.7 Å². The molecule has 1 saturated carbocycles. The van der Waals surface area contributed by atoms with Crippen LogP contribution >= 0.6 is 11.6 Å². The third kappa shape index (κ3) is 10.9. The molecule has 392 valence electrons. The van der Waals surface area contributed by atoms with Crippen LogP contribution in [0.5, 0.6) is 0 Å². The van der Waals surface area contributed by atoms with E-state index >= 15 is 8.78 Å². The number of fused-ring (bicyclic) bond motifs is 4. The monoisotopic (exact) mass is 1090 g/mol. The van der Waals surface area contributed by atoms with Crippen LogP contribution in [0.1, 0.15) is 66.1 Å². The summed E-state index contributed by atoms with van der Waals surface area (Å²) in [5, 5.41) is 8.91. The Balaban J connectivity index is 1.35. The first-order valence-electron chi connectivity index (χ1n) is 21.9. The van der Waals surface area contributed by atoms with E-state index in [-0.39, 0.29) is 64.1 Å². The minimum absolute atomic E-state index is 0.178. The molecule has 8 rings (SSSR count). The van der Waals surface area contributed by atoms with Crippen LogP contribution in [0, 0.1) is 29.4 Å². The number of aromatic nitrogens is 5. The number of carbonyl (C=O) groups excluding carboxylic acids is 2. The molecule has 2 aliphatic carbocycles. The van der Waals surface area contributed by atoms with E-state index < -0.39 is 155 Å². The van der Waals surface area contributed by atoms with E-state index in [9.17, 15) is 61.5 Å². The normalized spacial score (nSPS) is 18.5. The third-order valence-electron chi connectivity index (χ3n) is 12.5. The second-order valence-electron chi connectivity index (χ2n) is 18.3. The van der Waals surface area contributed by atoms with E-state index in [1.807, 2.05) is 0 Å². The number of benzene rings is 2. The molecule has 3 aromatic heterocycles. The molecule has 3 atom stereocenters. The lowest BCUT2D eigenvalue weighted by Crippen LogP contribution is -2.46. The lowest BCUT2D eigenvalue weighted by molar-refractivity contribution is -0.143. The van der Waals surface area contributed by atoms with E-state index in [4.69, 9.17) is 16.3 Å². The van der Waals surface area contributed by atoms with Gasteiger partial charge in [0.25, 0.3) is 11.8 Å². The van der Waals surface area contributed by atoms with Gasteiger partial charge in [0.2, 0.25) is 15.9 Å². The highest BCUT2D eigenvalue weighted by atomic mass is 35.5. The van der Waals surface area contributed by atoms with Gasteiger partial charge in [0, 0.05) is 48.0 Å². The number of rotatable bonds is 13. The third-order valence-corrected chi connectivity index (χ3v) is 15.8. The summed E-state index contributed by atoms with van der Waals surface area (Å²) in [5.74, 6) is -6.96. The summed E-state index contributed by atoms with van der Waals surface area (Å²) in [5.41, 5.74) is -5.68. The molecule has 4 heterocycles. The smallest absolute Gasteiger partial charge is 0.379 e. The van der Waals surface area contributed by atoms with Crippen LogP contribution < -0.4 is 9.62 Å². The molecule has 15 nitrogen and oxygen atoms in total. The van der Waals surface area contributed by atoms with Crippen molar-refractivity contribution in [3.8, 4) is 23.0 Å². The molecule has 28 heteroatoms. The summed E-state index contributed by atoms with van der Waals surface area (Å²) in [6, 6.07) is 4.96. The number of pyridine rings is 1. The lowest BCUT2D eigenvalue weighted by atomic mass is 9.93. The molecule has 2 amide bonds. The Labute approximate surface area is 414 Å². The fraction of sp³-hybridized carbons (Fsp3) is 0.444. The lowest BCUT2D eigenvalue weighted by Gasteiger charge is -2.28. The molecule has 5 aromatic rings. The Morgan fingerprint density at radius 2 is 1.58 bits per heavy atom. The van der Waals surface area contributed by atoms with Crippen molar-refractivity contribution in [1.82, 2.24) is 34.8 Å². The predicted molar refractivity (Wildman–Crippen MR) is 242 cm³/mol. The second-order valence-corrected chi connectivity index (χ2v) is 23.1. The molecule has 1 aliphatic heterocycles. The molecule has 2 aromatic carbocycles. The average molecular weight is 1100 g/mol. The maximum Gasteiger partial charge on any atom is 0.435 e. The zero-order valence-corrected chi connectivity index (χ0v) is 41.0. The molecule has 73 heavy (non-hydrogen) atoms. The first-order valence-corrected chi connectivity index (χ1v) is 26.0. The summed E-state index contributed by atoms with van der Waals surface area (Å²) >= 11 is 6.69. The van der Waals surface area contributed by atoms with Gasteiger partial charge < -0.3 is 10.1 Å². The molecule has 2 fully saturated rings. The molecular weight excluding hydrogens is 1050 g/mol. The number of carbonyl (C=O) groups is 2. The molecule has 1 saturated heterocycles. The largest absolute Gasteiger partial charge is 0.435 e. The number of hydrogen-bond acceptors (Lipinski definition) is 11. The molecule has 0 spiro atoms. The first kappa shape index (κ1) is 53.5. The van der Waals surface area contributed by atoms with Gasteiger partial charge in [-0.15, -0.1) is 0 Å². The summed E-state index contributed by atoms with van der Waals surface area (Å²) < 4.78 is 204. The molecule has 0 bridgehead atoms. The quantitative estimate of drug-likeness (QED) is 0.0957. The molecule has 0 unspecified atom stereocenters. The van der Waals surface area contributed by atoms with E-state index in [1.54, 1.807) is 0 Å². The van der Waals surface area contributed by atoms with Gasteiger partial charge >= 0.3 is 12.4 Å². The van der Waals surface area contributed by atoms with Crippen molar-refractivity contribution in [3.05, 3.63) is 93.0 Å². The van der Waals surface area contributed by atoms with Gasteiger partial charge in [0.05, 0.1) is 53.7 Å². The molecule has 0 radical (unpaired) electrons. The van der Waals surface area contributed by atoms with Crippen LogP contribution in [0.4, 0.5) is 49.7 Å². The molecule has 3 aliphatic rings. The van der Waals surface area contributed by atoms with Gasteiger partial charge in [-0.3, -0.25) is 23.9 Å². The standard InChI is InChI=1S/C45H41ClF10N8O7S2/c1-42(2,72(3,67)68)10-9-26-5-6-27(28-7-8-31(46)36-38(28)63(22-43(49,50)51)60-41(36)64(73(4,69)70)34(66)21-61-11-13-71-14-12-61)37(57-26)32(17-23-15-24(47)18-25(48)16-23)58-33(65)20-62-40-35(39(59-62)45(54,55)56)29-19-30(29)44(40,52)53/h5-8,15-16,18,29-30,32H,11-14,17,19-22H2,1-4H3,(H,58,65)/t29-,30+,32-/m0/s1. The van der Waals surface area contributed by atoms with Crippen LogP contribution in [0.3, 0.4) is 0 Å². The highest BCUT2D eigenvalue weighted by molar-refractivity contribution is 7.93. The van der Waals surface area contributed by atoms with Crippen LogP contribution in [0.2, 0.25) is 5.02 Å². The molecule has 1 N–H and O–H groups in total. The Bertz CT molecular complexity index is 3340. The number of morpholine rings is 1. The zero-order chi connectivity index (χ0) is 53.5. The second kappa shape index (κ2) is 18.8. The number of nitrogens with zero attached hydrogens (tertiary/aromatic N) is 7. The van der Waals surface area contributed by atoms with Gasteiger partial charge in [0.1, 0.15) is 40.9 Å². The number of alkyl halides is 8. The van der Waals surface area contributed by atoms with Gasteiger partial charge in [-0.05, 0) is 74.4 Å². The summed E-state index contributed by atoms with van der Waals surface area (Å²) in [4.78, 5) is 34.2. The maximum absolute atomic E-state index is 15.6. The average Bonchev–Trinajstić information content (AvgIpc) is 3.77. The van der Waals surface area contributed by atoms with Crippen molar-refractivity contribution < 1.29 is 75.1 Å². The highest BCUT2D eigenvalue weighted by Crippen LogP contribution is 2.68. The summed E-state index contributed by atoms with van der Waals surface area (Å²) in [6.07, 6.45) is -9.78. The Hall–Kier alpha value is -5.82. The summed E-state index contributed by atoms with van der Waals surface area (Å²) in [7, 11) is -8.62. The Kier molecular flexibility index (Phi) is 13.8. The van der Waals surface area contributed by atoms with Gasteiger partial charge in [-0.2, -0.15) is 49.6 Å². The van der Waals surface area contributed by atoms with Gasteiger partial charge in [-0.25, -0.2) is 30.6 Å². The minimum atomic E-state index is -5.22. The van der Waals surface area contributed by atoms with Crippen LogP contribution in [0.25, 0.3) is 22.0 Å². The maximum atomic E-state index is 15.6. The SMILES string of the molecule is CC(C)(C#Cc1ccc(-c2ccc(Cl)c3c(N(C(=O)CN4CCOCC4)S(C)(=O)=O)nn(CC(F)(F)F)c23)c([C@H](Cc2cc(F)cc(F)c2)NC(=O)Cn2nc(C(F)(F)F)c3c2C(F)(F)[C@@H]2C[C@H]32)n1)S(C)(=O)=O. The van der Waals surface area contributed by atoms with Crippen LogP contribution in [0.15, 0.2) is 42.5 Å². The number of halogens is 11. The van der Waals surface area contributed by atoms with E-state index in [0.29, 0.717) is 17.0 Å². The van der Waals surface area contributed by atoms with Crippen molar-refractivity contribution in [3.63, 3.8) is 0 Å². The van der Waals surface area contributed by atoms with Gasteiger partial charge in [-0.1, -0.05) is 23.6 Å². The Morgan fingerprint density at radius 3 is 2.18 bits per heavy atom. The van der Waals surface area contributed by atoms with Crippen LogP contribution in [-0.2, 0) is 65.8 Å². The number of sulfone groups is 1. The first-order chi connectivity index (χ1) is 33.7. The van der Waals surface area contributed by atoms with E-state index in [1.165, 1.54) is 30.9 Å². The van der Waals surface area contributed by atoms with E-state index in [0.717, 1.165) is 30.5 Å². The summed E-state index contributed by atoms with van der Waals surface area (Å²) in [6.45, 7) is -0.567. The number of anilines is 1. The van der Waals surface area contributed by atoms with E-state index in [2.05, 4.69) is 32.3 Å². The topological polar surface area (TPSA) is 179 Å². The Morgan fingerprint density at radius 1 is 0.932 bits per heavy atom. The zero-order valence-electron chi connectivity index (χ0n) is 38.6. The highest BCUT2D eigenvalue weighted by Gasteiger charge is 2.68. The minimum Gasteiger partial charge on any atom is -0.379 e. The van der Waals surface area contributed by atoms with Crippen molar-refractivity contribution in [2.24, 2.45) is 5.92 Å². The fourth-order valence-electron chi connectivity index (χ4n) is 8.87. The number of amides is 2. The van der Waals surface area contributed by atoms with Crippen molar-refractivity contribution in [2.45, 2.75) is 74.8 Å². The van der Waals surface area contributed by atoms with Crippen molar-refractivity contribution >= 4 is 60.0 Å². The number of nitrogens with one attached hydrogen (secondary N) is 1. The fourth-order valence-corrected chi connectivity index (χ4v) is 10.2. The number of ether oxygens (including phenoxy) is 1. The van der Waals surface area contributed by atoms with Crippen LogP contribution in [-0.4, -0.2) is 114 Å². The van der Waals surface area contributed by atoms with Crippen molar-refractivity contribution in [1.29, 1.82) is 0 Å². The number of sulfonamides is 1. The predicted octanol–water partition coefficient (Wildman–Crippen LogP) is 6.92.